The predicted octanol–water partition coefficient (Wildman–Crippen LogP) is 1.84. The summed E-state index contributed by atoms with van der Waals surface area (Å²) in [5.41, 5.74) is 0. The van der Waals surface area contributed by atoms with Gasteiger partial charge in [0.2, 0.25) is 9.84 Å². The lowest BCUT2D eigenvalue weighted by molar-refractivity contribution is 0.179. The molecule has 0 radical (unpaired) electrons. The van der Waals surface area contributed by atoms with Crippen molar-refractivity contribution >= 4 is 9.84 Å². The number of hydrogen-bond donors (Lipinski definition) is 1. The first-order chi connectivity index (χ1) is 8.01. The molecule has 0 spiro atoms. The lowest BCUT2D eigenvalue weighted by atomic mass is 10.0. The number of benzene rings is 1. The van der Waals surface area contributed by atoms with Crippen molar-refractivity contribution in [2.24, 2.45) is 0 Å². The molecule has 17 heavy (non-hydrogen) atoms. The summed E-state index contributed by atoms with van der Waals surface area (Å²) in [6.07, 6.45) is -1.09. The van der Waals surface area contributed by atoms with Crippen molar-refractivity contribution in [1.29, 1.82) is 0 Å². The predicted molar refractivity (Wildman–Crippen MR) is 61.8 cm³/mol. The van der Waals surface area contributed by atoms with Gasteiger partial charge in [-0.25, -0.2) is 12.8 Å². The van der Waals surface area contributed by atoms with Gasteiger partial charge in [-0.05, 0) is 31.1 Å². The van der Waals surface area contributed by atoms with Crippen molar-refractivity contribution in [3.63, 3.8) is 0 Å². The molecule has 0 saturated heterocycles. The van der Waals surface area contributed by atoms with Gasteiger partial charge in [-0.2, -0.15) is 0 Å². The fraction of sp³-hybridized carbons (Fsp3) is 0.333. The average molecular weight is 256 g/mol. The van der Waals surface area contributed by atoms with E-state index in [0.29, 0.717) is 0 Å². The van der Waals surface area contributed by atoms with E-state index >= 15 is 0 Å². The minimum atomic E-state index is -3.77. The third-order valence-corrected chi connectivity index (χ3v) is 4.67. The highest BCUT2D eigenvalue weighted by Gasteiger charge is 2.31. The standard InChI is InChI=1S/C12H13FO3S/c13-9-6-7-11(14)12(8-9)17(15,16)10-4-2-1-3-5-10/h1-5,8-9,11,14H,6-7H2/t9-,11-/m0/s1. The summed E-state index contributed by atoms with van der Waals surface area (Å²) in [5, 5.41) is 9.67. The topological polar surface area (TPSA) is 54.4 Å². The molecule has 0 unspecified atom stereocenters. The maximum absolute atomic E-state index is 13.2. The third kappa shape index (κ3) is 2.40. The van der Waals surface area contributed by atoms with Crippen LogP contribution in [0.5, 0.6) is 0 Å². The number of alkyl halides is 1. The van der Waals surface area contributed by atoms with E-state index in [9.17, 15) is 17.9 Å². The summed E-state index contributed by atoms with van der Waals surface area (Å²) < 4.78 is 37.5. The monoisotopic (exact) mass is 256 g/mol. The molecule has 1 aromatic carbocycles. The van der Waals surface area contributed by atoms with Gasteiger partial charge >= 0.3 is 0 Å². The molecule has 0 aromatic heterocycles. The molecule has 1 aliphatic rings. The van der Waals surface area contributed by atoms with Gasteiger partial charge in [0.15, 0.2) is 0 Å². The number of aliphatic hydroxyl groups is 1. The zero-order chi connectivity index (χ0) is 12.5. The quantitative estimate of drug-likeness (QED) is 0.878. The Morgan fingerprint density at radius 2 is 1.82 bits per heavy atom. The Morgan fingerprint density at radius 1 is 1.18 bits per heavy atom. The van der Waals surface area contributed by atoms with Gasteiger partial charge in [0.25, 0.3) is 0 Å². The van der Waals surface area contributed by atoms with Crippen LogP contribution >= 0.6 is 0 Å². The minimum Gasteiger partial charge on any atom is -0.388 e. The van der Waals surface area contributed by atoms with Gasteiger partial charge in [0.1, 0.15) is 6.17 Å². The summed E-state index contributed by atoms with van der Waals surface area (Å²) in [7, 11) is -3.77. The van der Waals surface area contributed by atoms with Crippen LogP contribution in [0.25, 0.3) is 0 Å². The van der Waals surface area contributed by atoms with Gasteiger partial charge in [0.05, 0.1) is 15.9 Å². The Bertz CT molecular complexity index is 522. The molecular formula is C12H13FO3S. The summed E-state index contributed by atoms with van der Waals surface area (Å²) >= 11 is 0. The van der Waals surface area contributed by atoms with E-state index in [1.807, 2.05) is 0 Å². The third-order valence-electron chi connectivity index (χ3n) is 2.75. The molecule has 1 aliphatic carbocycles. The Kier molecular flexibility index (Phi) is 3.31. The zero-order valence-corrected chi connectivity index (χ0v) is 9.90. The van der Waals surface area contributed by atoms with Gasteiger partial charge in [0, 0.05) is 0 Å². The maximum atomic E-state index is 13.2. The van der Waals surface area contributed by atoms with Gasteiger partial charge in [-0.1, -0.05) is 18.2 Å². The van der Waals surface area contributed by atoms with E-state index in [-0.39, 0.29) is 22.6 Å². The van der Waals surface area contributed by atoms with Crippen molar-refractivity contribution in [1.82, 2.24) is 0 Å². The second kappa shape index (κ2) is 4.58. The second-order valence-corrected chi connectivity index (χ2v) is 5.94. The van der Waals surface area contributed by atoms with Crippen molar-refractivity contribution in [2.75, 3.05) is 0 Å². The van der Waals surface area contributed by atoms with Crippen LogP contribution in [0.3, 0.4) is 0 Å². The minimum absolute atomic E-state index is 0.0828. The number of halogens is 1. The summed E-state index contributed by atoms with van der Waals surface area (Å²) in [6.45, 7) is 0. The molecule has 0 saturated carbocycles. The Balaban J connectivity index is 2.46. The maximum Gasteiger partial charge on any atom is 0.205 e. The Hall–Kier alpha value is -1.20. The highest BCUT2D eigenvalue weighted by molar-refractivity contribution is 7.95. The van der Waals surface area contributed by atoms with Crippen LogP contribution in [-0.4, -0.2) is 25.8 Å². The van der Waals surface area contributed by atoms with Gasteiger partial charge in [-0.3, -0.25) is 0 Å². The highest BCUT2D eigenvalue weighted by atomic mass is 32.2. The van der Waals surface area contributed by atoms with Crippen LogP contribution in [0, 0.1) is 0 Å². The van der Waals surface area contributed by atoms with Crippen molar-refractivity contribution in [3.05, 3.63) is 41.3 Å². The molecule has 3 nitrogen and oxygen atoms in total. The molecule has 0 amide bonds. The fourth-order valence-corrected chi connectivity index (χ4v) is 3.43. The van der Waals surface area contributed by atoms with E-state index < -0.39 is 22.1 Å². The van der Waals surface area contributed by atoms with Crippen molar-refractivity contribution < 1.29 is 17.9 Å². The van der Waals surface area contributed by atoms with E-state index in [4.69, 9.17) is 0 Å². The fourth-order valence-electron chi connectivity index (χ4n) is 1.84. The first-order valence-electron chi connectivity index (χ1n) is 5.36. The average Bonchev–Trinajstić information content (AvgIpc) is 2.33. The number of sulfone groups is 1. The first kappa shape index (κ1) is 12.3. The lowest BCUT2D eigenvalue weighted by Gasteiger charge is -2.21. The van der Waals surface area contributed by atoms with Gasteiger partial charge in [-0.15, -0.1) is 0 Å². The molecule has 2 atom stereocenters. The highest BCUT2D eigenvalue weighted by Crippen LogP contribution is 2.29. The van der Waals surface area contributed by atoms with E-state index in [1.165, 1.54) is 12.1 Å². The largest absolute Gasteiger partial charge is 0.388 e. The van der Waals surface area contributed by atoms with E-state index in [2.05, 4.69) is 0 Å². The van der Waals surface area contributed by atoms with Crippen LogP contribution in [0.1, 0.15) is 12.8 Å². The molecule has 92 valence electrons. The van der Waals surface area contributed by atoms with Crippen LogP contribution < -0.4 is 0 Å². The Morgan fingerprint density at radius 3 is 2.47 bits per heavy atom. The molecule has 0 heterocycles. The van der Waals surface area contributed by atoms with Crippen LogP contribution in [0.4, 0.5) is 4.39 Å². The molecule has 0 fully saturated rings. The summed E-state index contributed by atoms with van der Waals surface area (Å²) in [5.74, 6) is 0. The molecule has 0 aliphatic heterocycles. The van der Waals surface area contributed by atoms with Crippen molar-refractivity contribution in [3.8, 4) is 0 Å². The molecule has 1 N–H and O–H groups in total. The number of aliphatic hydroxyl groups excluding tert-OH is 1. The molecule has 0 bridgehead atoms. The zero-order valence-electron chi connectivity index (χ0n) is 9.08. The smallest absolute Gasteiger partial charge is 0.205 e. The Labute approximate surface area is 99.5 Å². The van der Waals surface area contributed by atoms with E-state index in [1.54, 1.807) is 18.2 Å². The second-order valence-electron chi connectivity index (χ2n) is 3.99. The molecule has 1 aromatic rings. The molecule has 5 heteroatoms. The SMILES string of the molecule is O=S(=O)(C1=C[C@@H](F)CC[C@@H]1O)c1ccccc1. The van der Waals surface area contributed by atoms with Crippen molar-refractivity contribution in [2.45, 2.75) is 30.0 Å². The lowest BCUT2D eigenvalue weighted by Crippen LogP contribution is -2.25. The number of rotatable bonds is 2. The van der Waals surface area contributed by atoms with Gasteiger partial charge < -0.3 is 5.11 Å². The summed E-state index contributed by atoms with van der Waals surface area (Å²) in [4.78, 5) is -0.137. The van der Waals surface area contributed by atoms with E-state index in [0.717, 1.165) is 6.08 Å². The van der Waals surface area contributed by atoms with Crippen LogP contribution in [0.2, 0.25) is 0 Å². The van der Waals surface area contributed by atoms with Crippen LogP contribution in [0.15, 0.2) is 46.2 Å². The number of allylic oxidation sites excluding steroid dienone is 1. The normalized spacial score (nSPS) is 25.4. The first-order valence-corrected chi connectivity index (χ1v) is 6.84. The molecule has 2 rings (SSSR count). The number of hydrogen-bond acceptors (Lipinski definition) is 3. The van der Waals surface area contributed by atoms with Crippen LogP contribution in [-0.2, 0) is 9.84 Å². The summed E-state index contributed by atoms with van der Waals surface area (Å²) in [6, 6.07) is 7.75. The molecular weight excluding hydrogens is 243 g/mol.